The van der Waals surface area contributed by atoms with Crippen LogP contribution in [0.25, 0.3) is 11.3 Å². The summed E-state index contributed by atoms with van der Waals surface area (Å²) in [6.45, 7) is 0. The lowest BCUT2D eigenvalue weighted by Gasteiger charge is -2.05. The van der Waals surface area contributed by atoms with E-state index in [0.717, 1.165) is 22.1 Å². The van der Waals surface area contributed by atoms with Crippen LogP contribution in [0.3, 0.4) is 0 Å². The molecule has 2 aromatic carbocycles. The Morgan fingerprint density at radius 2 is 1.76 bits per heavy atom. The van der Waals surface area contributed by atoms with E-state index in [2.05, 4.69) is 15.8 Å². The van der Waals surface area contributed by atoms with Gasteiger partial charge < -0.3 is 5.11 Å². The van der Waals surface area contributed by atoms with Crippen LogP contribution >= 0.6 is 28.3 Å². The maximum absolute atomic E-state index is 9.48. The molecule has 0 saturated carbocycles. The van der Waals surface area contributed by atoms with Gasteiger partial charge >= 0.3 is 0 Å². The molecule has 0 unspecified atom stereocenters. The first-order valence-corrected chi connectivity index (χ1v) is 7.01. The van der Waals surface area contributed by atoms with Crippen LogP contribution in [0.4, 0.5) is 10.8 Å². The highest BCUT2D eigenvalue weighted by Gasteiger charge is 2.04. The van der Waals surface area contributed by atoms with Gasteiger partial charge in [-0.1, -0.05) is 30.3 Å². The van der Waals surface area contributed by atoms with Crippen molar-refractivity contribution in [3.05, 3.63) is 60.0 Å². The third-order valence-corrected chi connectivity index (χ3v) is 3.49. The Balaban J connectivity index is 0.00000161. The fraction of sp³-hybridized carbons (Fsp3) is 0. The van der Waals surface area contributed by atoms with Crippen molar-refractivity contribution in [3.8, 4) is 17.0 Å². The topological polar surface area (TPSA) is 57.2 Å². The summed E-state index contributed by atoms with van der Waals surface area (Å²) in [5.41, 5.74) is 8.85. The molecule has 3 N–H and O–H groups in total. The summed E-state index contributed by atoms with van der Waals surface area (Å²) in [6, 6.07) is 16.9. The van der Waals surface area contributed by atoms with Gasteiger partial charge in [-0.05, 0) is 24.3 Å². The molecule has 0 amide bonds. The molecule has 0 atom stereocenters. The van der Waals surface area contributed by atoms with E-state index in [9.17, 15) is 5.11 Å². The molecular formula is C15H14BrN3OS. The van der Waals surface area contributed by atoms with Gasteiger partial charge in [0.05, 0.1) is 11.4 Å². The Hall–Kier alpha value is -2.05. The lowest BCUT2D eigenvalue weighted by molar-refractivity contribution is 0.475. The molecule has 0 fully saturated rings. The zero-order chi connectivity index (χ0) is 13.8. The van der Waals surface area contributed by atoms with Gasteiger partial charge in [-0.15, -0.1) is 28.3 Å². The number of anilines is 2. The molecule has 0 bridgehead atoms. The lowest BCUT2D eigenvalue weighted by atomic mass is 10.2. The molecule has 0 spiro atoms. The van der Waals surface area contributed by atoms with E-state index in [1.54, 1.807) is 18.2 Å². The average molecular weight is 364 g/mol. The Morgan fingerprint density at radius 3 is 2.52 bits per heavy atom. The van der Waals surface area contributed by atoms with Crippen molar-refractivity contribution in [1.29, 1.82) is 0 Å². The fourth-order valence-electron chi connectivity index (χ4n) is 1.78. The largest absolute Gasteiger partial charge is 0.508 e. The minimum absolute atomic E-state index is 0. The predicted octanol–water partition coefficient (Wildman–Crippen LogP) is 4.53. The van der Waals surface area contributed by atoms with Crippen LogP contribution in [0, 0.1) is 0 Å². The molecule has 0 aliphatic rings. The maximum atomic E-state index is 9.48. The number of aromatic hydroxyl groups is 1. The number of nitrogens with one attached hydrogen (secondary N) is 2. The second kappa shape index (κ2) is 7.10. The Bertz CT molecular complexity index is 703. The fourth-order valence-corrected chi connectivity index (χ4v) is 2.45. The maximum Gasteiger partial charge on any atom is 0.202 e. The molecular weight excluding hydrogens is 350 g/mol. The van der Waals surface area contributed by atoms with E-state index in [4.69, 9.17) is 0 Å². The highest BCUT2D eigenvalue weighted by Crippen LogP contribution is 2.27. The summed E-state index contributed by atoms with van der Waals surface area (Å²) < 4.78 is 0. The van der Waals surface area contributed by atoms with Crippen molar-refractivity contribution in [2.45, 2.75) is 0 Å². The molecule has 3 rings (SSSR count). The normalized spacial score (nSPS) is 9.71. The zero-order valence-electron chi connectivity index (χ0n) is 11.0. The van der Waals surface area contributed by atoms with Crippen molar-refractivity contribution >= 4 is 39.1 Å². The molecule has 4 nitrogen and oxygen atoms in total. The van der Waals surface area contributed by atoms with E-state index in [1.807, 2.05) is 41.8 Å². The number of rotatable bonds is 4. The SMILES string of the molecule is Br.Oc1cccc(-c2csc(NNc3ccccc3)n2)c1. The summed E-state index contributed by atoms with van der Waals surface area (Å²) >= 11 is 1.50. The van der Waals surface area contributed by atoms with Crippen molar-refractivity contribution < 1.29 is 5.11 Å². The van der Waals surface area contributed by atoms with Crippen molar-refractivity contribution in [3.63, 3.8) is 0 Å². The minimum Gasteiger partial charge on any atom is -0.508 e. The van der Waals surface area contributed by atoms with Crippen LogP contribution in [0.15, 0.2) is 60.0 Å². The van der Waals surface area contributed by atoms with Gasteiger partial charge in [-0.2, -0.15) is 0 Å². The second-order valence-corrected chi connectivity index (χ2v) is 5.06. The number of nitrogens with zero attached hydrogens (tertiary/aromatic N) is 1. The summed E-state index contributed by atoms with van der Waals surface area (Å²) in [5.74, 6) is 0.243. The van der Waals surface area contributed by atoms with Gasteiger partial charge in [0, 0.05) is 10.9 Å². The number of para-hydroxylation sites is 1. The summed E-state index contributed by atoms with van der Waals surface area (Å²) in [6.07, 6.45) is 0. The van der Waals surface area contributed by atoms with Crippen LogP contribution in [-0.2, 0) is 0 Å². The monoisotopic (exact) mass is 363 g/mol. The van der Waals surface area contributed by atoms with Crippen LogP contribution in [-0.4, -0.2) is 10.1 Å². The first kappa shape index (κ1) is 15.3. The molecule has 6 heteroatoms. The summed E-state index contributed by atoms with van der Waals surface area (Å²) in [5, 5.41) is 12.2. The van der Waals surface area contributed by atoms with Gasteiger partial charge in [-0.25, -0.2) is 4.98 Å². The van der Waals surface area contributed by atoms with E-state index in [0.29, 0.717) is 0 Å². The molecule has 0 saturated heterocycles. The van der Waals surface area contributed by atoms with Gasteiger partial charge in [0.2, 0.25) is 5.13 Å². The molecule has 3 aromatic rings. The Morgan fingerprint density at radius 1 is 0.952 bits per heavy atom. The molecule has 108 valence electrons. The number of phenolic OH excluding ortho intramolecular Hbond substituents is 1. The van der Waals surface area contributed by atoms with Crippen molar-refractivity contribution in [2.75, 3.05) is 10.9 Å². The molecule has 0 radical (unpaired) electrons. The number of hydrogen-bond donors (Lipinski definition) is 3. The highest BCUT2D eigenvalue weighted by molar-refractivity contribution is 8.93. The quantitative estimate of drug-likeness (QED) is 0.596. The van der Waals surface area contributed by atoms with Crippen LogP contribution < -0.4 is 10.9 Å². The molecule has 1 aromatic heterocycles. The number of thiazole rings is 1. The second-order valence-electron chi connectivity index (χ2n) is 4.20. The molecule has 0 aliphatic carbocycles. The first-order chi connectivity index (χ1) is 9.81. The Kier molecular flexibility index (Phi) is 5.19. The van der Waals surface area contributed by atoms with Gasteiger partial charge in [0.25, 0.3) is 0 Å². The Labute approximate surface area is 137 Å². The minimum atomic E-state index is 0. The predicted molar refractivity (Wildman–Crippen MR) is 93.2 cm³/mol. The number of hydrazine groups is 1. The third kappa shape index (κ3) is 3.96. The lowest BCUT2D eigenvalue weighted by Crippen LogP contribution is -2.07. The number of hydrogen-bond acceptors (Lipinski definition) is 5. The standard InChI is InChI=1S/C15H13N3OS.BrH/c19-13-8-4-5-11(9-13)14-10-20-15(16-14)18-17-12-6-2-1-3-7-12;/h1-10,17,19H,(H,16,18);1H. The van der Waals surface area contributed by atoms with Gasteiger partial charge in [0.15, 0.2) is 0 Å². The smallest absolute Gasteiger partial charge is 0.202 e. The van der Waals surface area contributed by atoms with E-state index < -0.39 is 0 Å². The number of aromatic nitrogens is 1. The number of halogens is 1. The van der Waals surface area contributed by atoms with Crippen LogP contribution in [0.2, 0.25) is 0 Å². The van der Waals surface area contributed by atoms with Gasteiger partial charge in [-0.3, -0.25) is 10.9 Å². The van der Waals surface area contributed by atoms with Crippen LogP contribution in [0.1, 0.15) is 0 Å². The van der Waals surface area contributed by atoms with Gasteiger partial charge in [0.1, 0.15) is 5.75 Å². The average Bonchev–Trinajstić information content (AvgIpc) is 2.95. The van der Waals surface area contributed by atoms with Crippen molar-refractivity contribution in [2.24, 2.45) is 0 Å². The molecule has 0 aliphatic heterocycles. The summed E-state index contributed by atoms with van der Waals surface area (Å²) in [4.78, 5) is 4.47. The van der Waals surface area contributed by atoms with E-state index in [-0.39, 0.29) is 22.7 Å². The highest BCUT2D eigenvalue weighted by atomic mass is 79.9. The third-order valence-electron chi connectivity index (χ3n) is 2.73. The number of benzene rings is 2. The van der Waals surface area contributed by atoms with E-state index >= 15 is 0 Å². The summed E-state index contributed by atoms with van der Waals surface area (Å²) in [7, 11) is 0. The van der Waals surface area contributed by atoms with Crippen LogP contribution in [0.5, 0.6) is 5.75 Å². The van der Waals surface area contributed by atoms with E-state index in [1.165, 1.54) is 11.3 Å². The number of phenols is 1. The molecule has 21 heavy (non-hydrogen) atoms. The molecule has 1 heterocycles. The zero-order valence-corrected chi connectivity index (χ0v) is 13.5. The first-order valence-electron chi connectivity index (χ1n) is 6.13. The van der Waals surface area contributed by atoms with Crippen molar-refractivity contribution in [1.82, 2.24) is 4.98 Å².